The molecule has 136 valence electrons. The summed E-state index contributed by atoms with van der Waals surface area (Å²) in [6, 6.07) is 7.52. The van der Waals surface area contributed by atoms with Gasteiger partial charge < -0.3 is 5.32 Å². The third-order valence-corrected chi connectivity index (χ3v) is 4.79. The van der Waals surface area contributed by atoms with Crippen LogP contribution in [0.25, 0.3) is 0 Å². The summed E-state index contributed by atoms with van der Waals surface area (Å²) in [4.78, 5) is 12.7. The van der Waals surface area contributed by atoms with Crippen molar-refractivity contribution in [2.45, 2.75) is 33.9 Å². The van der Waals surface area contributed by atoms with Gasteiger partial charge in [0.15, 0.2) is 5.82 Å². The van der Waals surface area contributed by atoms with Gasteiger partial charge >= 0.3 is 0 Å². The van der Waals surface area contributed by atoms with Crippen LogP contribution in [0, 0.1) is 13.8 Å². The topological polar surface area (TPSA) is 64.7 Å². The summed E-state index contributed by atoms with van der Waals surface area (Å²) in [6.07, 6.45) is 1.66. The van der Waals surface area contributed by atoms with E-state index in [1.165, 1.54) is 0 Å². The predicted octanol–water partition coefficient (Wildman–Crippen LogP) is 4.32. The highest BCUT2D eigenvalue weighted by molar-refractivity contribution is 6.33. The van der Waals surface area contributed by atoms with Crippen molar-refractivity contribution >= 4 is 34.9 Å². The number of anilines is 1. The second kappa shape index (κ2) is 7.51. The molecule has 2 heterocycles. The van der Waals surface area contributed by atoms with Gasteiger partial charge in [-0.15, -0.1) is 0 Å². The number of aryl methyl sites for hydroxylation is 2. The average molecular weight is 392 g/mol. The number of rotatable bonds is 5. The summed E-state index contributed by atoms with van der Waals surface area (Å²) in [5, 5.41) is 12.5. The molecule has 1 aromatic carbocycles. The van der Waals surface area contributed by atoms with E-state index in [0.29, 0.717) is 40.2 Å². The number of nitrogens with zero attached hydrogens (tertiary/aromatic N) is 4. The molecule has 0 bridgehead atoms. The summed E-state index contributed by atoms with van der Waals surface area (Å²) < 4.78 is 3.44. The Bertz CT molecular complexity index is 961. The van der Waals surface area contributed by atoms with Gasteiger partial charge in [0.05, 0.1) is 17.8 Å². The molecule has 2 aromatic heterocycles. The molecule has 8 heteroatoms. The zero-order chi connectivity index (χ0) is 18.8. The average Bonchev–Trinajstić information content (AvgIpc) is 3.08. The molecular formula is C18H19Cl2N5O. The Morgan fingerprint density at radius 1 is 1.15 bits per heavy atom. The molecule has 0 atom stereocenters. The minimum atomic E-state index is -0.274. The van der Waals surface area contributed by atoms with Gasteiger partial charge in [-0.1, -0.05) is 41.4 Å². The summed E-state index contributed by atoms with van der Waals surface area (Å²) in [6.45, 7) is 6.82. The van der Waals surface area contributed by atoms with Crippen molar-refractivity contribution in [3.05, 3.63) is 63.0 Å². The Hall–Kier alpha value is -2.31. The van der Waals surface area contributed by atoms with Crippen LogP contribution in [0.1, 0.15) is 34.2 Å². The molecular weight excluding hydrogens is 373 g/mol. The van der Waals surface area contributed by atoms with Crippen LogP contribution in [0.15, 0.2) is 30.5 Å². The lowest BCUT2D eigenvalue weighted by atomic mass is 10.2. The second-order valence-corrected chi connectivity index (χ2v) is 6.74. The van der Waals surface area contributed by atoms with E-state index in [4.69, 9.17) is 23.2 Å². The Kier molecular flexibility index (Phi) is 5.34. The van der Waals surface area contributed by atoms with Gasteiger partial charge in [-0.3, -0.25) is 14.2 Å². The second-order valence-electron chi connectivity index (χ2n) is 5.93. The van der Waals surface area contributed by atoms with E-state index in [1.54, 1.807) is 15.6 Å². The van der Waals surface area contributed by atoms with Crippen molar-refractivity contribution < 1.29 is 4.79 Å². The minimum Gasteiger partial charge on any atom is -0.304 e. The lowest BCUT2D eigenvalue weighted by Crippen LogP contribution is -2.15. The smallest absolute Gasteiger partial charge is 0.260 e. The van der Waals surface area contributed by atoms with Gasteiger partial charge in [0.25, 0.3) is 5.91 Å². The SMILES string of the molecule is CCn1nc(C)c(C(=O)Nc2nn(Cc3ccccc3Cl)cc2Cl)c1C. The zero-order valence-electron chi connectivity index (χ0n) is 14.8. The number of amides is 1. The number of hydrogen-bond acceptors (Lipinski definition) is 3. The third-order valence-electron chi connectivity index (χ3n) is 4.15. The molecule has 0 saturated carbocycles. The molecule has 1 amide bonds. The summed E-state index contributed by atoms with van der Waals surface area (Å²) >= 11 is 12.4. The van der Waals surface area contributed by atoms with Crippen LogP contribution in [0.2, 0.25) is 10.0 Å². The van der Waals surface area contributed by atoms with Gasteiger partial charge in [0.2, 0.25) is 0 Å². The molecule has 0 spiro atoms. The normalized spacial score (nSPS) is 11.0. The summed E-state index contributed by atoms with van der Waals surface area (Å²) in [7, 11) is 0. The molecule has 0 aliphatic heterocycles. The first-order valence-corrected chi connectivity index (χ1v) is 8.98. The lowest BCUT2D eigenvalue weighted by molar-refractivity contribution is 0.102. The molecule has 1 N–H and O–H groups in total. The van der Waals surface area contributed by atoms with Crippen molar-refractivity contribution in [3.63, 3.8) is 0 Å². The molecule has 3 aromatic rings. The van der Waals surface area contributed by atoms with Crippen LogP contribution in [0.5, 0.6) is 0 Å². The van der Waals surface area contributed by atoms with Crippen LogP contribution >= 0.6 is 23.2 Å². The van der Waals surface area contributed by atoms with E-state index in [0.717, 1.165) is 11.3 Å². The number of carbonyl (C=O) groups is 1. The fraction of sp³-hybridized carbons (Fsp3) is 0.278. The fourth-order valence-electron chi connectivity index (χ4n) is 2.87. The third kappa shape index (κ3) is 3.61. The van der Waals surface area contributed by atoms with Crippen LogP contribution in [0.3, 0.4) is 0 Å². The Morgan fingerprint density at radius 3 is 2.54 bits per heavy atom. The fourth-order valence-corrected chi connectivity index (χ4v) is 3.26. The maximum atomic E-state index is 12.7. The maximum Gasteiger partial charge on any atom is 0.260 e. The van der Waals surface area contributed by atoms with E-state index in [9.17, 15) is 4.79 Å². The van der Waals surface area contributed by atoms with Gasteiger partial charge in [0, 0.05) is 23.5 Å². The van der Waals surface area contributed by atoms with Crippen molar-refractivity contribution in [2.75, 3.05) is 5.32 Å². The number of nitrogens with one attached hydrogen (secondary N) is 1. The number of benzene rings is 1. The molecule has 0 radical (unpaired) electrons. The highest BCUT2D eigenvalue weighted by Crippen LogP contribution is 2.23. The van der Waals surface area contributed by atoms with Crippen LogP contribution in [0.4, 0.5) is 5.82 Å². The zero-order valence-corrected chi connectivity index (χ0v) is 16.3. The number of halogens is 2. The number of hydrogen-bond donors (Lipinski definition) is 1. The van der Waals surface area contributed by atoms with E-state index in [2.05, 4.69) is 15.5 Å². The summed E-state index contributed by atoms with van der Waals surface area (Å²) in [5.74, 6) is 0.0383. The van der Waals surface area contributed by atoms with Gasteiger partial charge in [-0.25, -0.2) is 0 Å². The van der Waals surface area contributed by atoms with Gasteiger partial charge in [-0.05, 0) is 32.4 Å². The Balaban J connectivity index is 1.81. The van der Waals surface area contributed by atoms with Gasteiger partial charge in [-0.2, -0.15) is 10.2 Å². The Labute approximate surface area is 161 Å². The van der Waals surface area contributed by atoms with Crippen molar-refractivity contribution in [3.8, 4) is 0 Å². The standard InChI is InChI=1S/C18H19Cl2N5O/c1-4-25-12(3)16(11(2)22-25)18(26)21-17-15(20)10-24(23-17)9-13-7-5-6-8-14(13)19/h5-8,10H,4,9H2,1-3H3,(H,21,23,26). The molecule has 0 saturated heterocycles. The van der Waals surface area contributed by atoms with E-state index in [-0.39, 0.29) is 5.91 Å². The first-order valence-electron chi connectivity index (χ1n) is 8.22. The minimum absolute atomic E-state index is 0.274. The molecule has 0 unspecified atom stereocenters. The molecule has 3 rings (SSSR count). The predicted molar refractivity (Wildman–Crippen MR) is 103 cm³/mol. The first kappa shape index (κ1) is 18.5. The van der Waals surface area contributed by atoms with E-state index < -0.39 is 0 Å². The molecule has 0 aliphatic carbocycles. The quantitative estimate of drug-likeness (QED) is 0.703. The van der Waals surface area contributed by atoms with Crippen molar-refractivity contribution in [1.82, 2.24) is 19.6 Å². The largest absolute Gasteiger partial charge is 0.304 e. The van der Waals surface area contributed by atoms with E-state index in [1.807, 2.05) is 45.0 Å². The molecule has 26 heavy (non-hydrogen) atoms. The molecule has 0 fully saturated rings. The van der Waals surface area contributed by atoms with Crippen LogP contribution in [-0.2, 0) is 13.1 Å². The highest BCUT2D eigenvalue weighted by atomic mass is 35.5. The van der Waals surface area contributed by atoms with Crippen LogP contribution < -0.4 is 5.32 Å². The van der Waals surface area contributed by atoms with Gasteiger partial charge in [0.1, 0.15) is 5.02 Å². The molecule has 0 aliphatic rings. The Morgan fingerprint density at radius 2 is 1.88 bits per heavy atom. The lowest BCUT2D eigenvalue weighted by Gasteiger charge is -2.05. The number of carbonyl (C=O) groups excluding carboxylic acids is 1. The van der Waals surface area contributed by atoms with Crippen molar-refractivity contribution in [2.24, 2.45) is 0 Å². The number of aromatic nitrogens is 4. The maximum absolute atomic E-state index is 12.7. The summed E-state index contributed by atoms with van der Waals surface area (Å²) in [5.41, 5.74) is 2.95. The monoisotopic (exact) mass is 391 g/mol. The molecule has 6 nitrogen and oxygen atoms in total. The van der Waals surface area contributed by atoms with Crippen LogP contribution in [-0.4, -0.2) is 25.5 Å². The van der Waals surface area contributed by atoms with E-state index >= 15 is 0 Å². The first-order chi connectivity index (χ1) is 12.4. The highest BCUT2D eigenvalue weighted by Gasteiger charge is 2.20. The van der Waals surface area contributed by atoms with Crippen molar-refractivity contribution in [1.29, 1.82) is 0 Å².